The van der Waals surface area contributed by atoms with Gasteiger partial charge in [-0.1, -0.05) is 23.2 Å². The largest absolute Gasteiger partial charge is 0.367 e. The van der Waals surface area contributed by atoms with Crippen LogP contribution in [0.2, 0.25) is 10.0 Å². The van der Waals surface area contributed by atoms with Crippen LogP contribution in [-0.2, 0) is 4.79 Å². The average Bonchev–Trinajstić information content (AvgIpc) is 3.51. The predicted molar refractivity (Wildman–Crippen MR) is 106 cm³/mol. The molecule has 1 amide bonds. The Morgan fingerprint density at radius 3 is 2.48 bits per heavy atom. The second-order valence-corrected chi connectivity index (χ2v) is 7.79. The molecule has 1 aliphatic carbocycles. The molecule has 0 bridgehead atoms. The Hall–Kier alpha value is -2.05. The van der Waals surface area contributed by atoms with Crippen LogP contribution in [-0.4, -0.2) is 46.8 Å². The molecule has 6 nitrogen and oxygen atoms in total. The summed E-state index contributed by atoms with van der Waals surface area (Å²) < 4.78 is 1.27. The van der Waals surface area contributed by atoms with Crippen molar-refractivity contribution in [1.82, 2.24) is 14.7 Å². The smallest absolute Gasteiger partial charge is 0.292 e. The monoisotopic (exact) mass is 406 g/mol. The van der Waals surface area contributed by atoms with Crippen LogP contribution in [0.4, 0.5) is 5.69 Å². The van der Waals surface area contributed by atoms with Gasteiger partial charge in [-0.15, -0.1) is 0 Å². The minimum absolute atomic E-state index is 0.141. The molecular formula is C19H20Cl2N4O2. The van der Waals surface area contributed by atoms with Crippen molar-refractivity contribution >= 4 is 34.8 Å². The third-order valence-corrected chi connectivity index (χ3v) is 5.65. The molecule has 4 rings (SSSR count). The number of nitrogens with zero attached hydrogens (tertiary/aromatic N) is 4. The fraction of sp³-hybridized carbons (Fsp3) is 0.421. The molecule has 142 valence electrons. The number of aromatic nitrogens is 2. The van der Waals surface area contributed by atoms with Crippen LogP contribution < -0.4 is 10.5 Å². The summed E-state index contributed by atoms with van der Waals surface area (Å²) in [5, 5.41) is 5.02. The van der Waals surface area contributed by atoms with E-state index in [0.717, 1.165) is 32.4 Å². The first-order valence-electron chi connectivity index (χ1n) is 9.12. The van der Waals surface area contributed by atoms with Gasteiger partial charge >= 0.3 is 0 Å². The van der Waals surface area contributed by atoms with Gasteiger partial charge in [0.1, 0.15) is 5.02 Å². The highest BCUT2D eigenvalue weighted by Crippen LogP contribution is 2.31. The van der Waals surface area contributed by atoms with Crippen molar-refractivity contribution in [2.75, 3.05) is 31.1 Å². The van der Waals surface area contributed by atoms with Crippen molar-refractivity contribution in [2.24, 2.45) is 5.92 Å². The van der Waals surface area contributed by atoms with Crippen molar-refractivity contribution in [1.29, 1.82) is 0 Å². The molecule has 2 aliphatic rings. The first kappa shape index (κ1) is 18.3. The third-order valence-electron chi connectivity index (χ3n) is 5.05. The van der Waals surface area contributed by atoms with Gasteiger partial charge in [0.2, 0.25) is 5.91 Å². The lowest BCUT2D eigenvalue weighted by molar-refractivity contribution is -0.132. The number of benzene rings is 1. The van der Waals surface area contributed by atoms with E-state index >= 15 is 0 Å². The van der Waals surface area contributed by atoms with Crippen LogP contribution >= 0.6 is 23.2 Å². The maximum absolute atomic E-state index is 12.7. The zero-order valence-electron chi connectivity index (χ0n) is 14.8. The lowest BCUT2D eigenvalue weighted by atomic mass is 10.3. The van der Waals surface area contributed by atoms with Crippen molar-refractivity contribution in [3.8, 4) is 5.69 Å². The zero-order valence-corrected chi connectivity index (χ0v) is 16.3. The highest BCUT2D eigenvalue weighted by molar-refractivity contribution is 6.33. The van der Waals surface area contributed by atoms with E-state index in [9.17, 15) is 9.59 Å². The Labute approximate surface area is 167 Å². The van der Waals surface area contributed by atoms with Crippen molar-refractivity contribution in [3.63, 3.8) is 0 Å². The van der Waals surface area contributed by atoms with Crippen molar-refractivity contribution in [3.05, 3.63) is 50.9 Å². The number of carbonyl (C=O) groups excluding carboxylic acids is 1. The molecule has 27 heavy (non-hydrogen) atoms. The fourth-order valence-corrected chi connectivity index (χ4v) is 3.75. The van der Waals surface area contributed by atoms with Gasteiger partial charge in [0.25, 0.3) is 5.56 Å². The SMILES string of the molecule is O=C(C1CC1)N1CCCN(c2cnn(-c3ccc(Cl)cc3)c(=O)c2Cl)CC1. The molecule has 1 saturated carbocycles. The molecule has 0 radical (unpaired) electrons. The Kier molecular flexibility index (Phi) is 5.10. The summed E-state index contributed by atoms with van der Waals surface area (Å²) in [6.45, 7) is 2.77. The van der Waals surface area contributed by atoms with E-state index in [2.05, 4.69) is 5.10 Å². The van der Waals surface area contributed by atoms with Gasteiger partial charge in [-0.2, -0.15) is 9.78 Å². The first-order chi connectivity index (χ1) is 13.0. The summed E-state index contributed by atoms with van der Waals surface area (Å²) in [6.07, 6.45) is 4.49. The van der Waals surface area contributed by atoms with Gasteiger partial charge < -0.3 is 9.80 Å². The molecule has 1 saturated heterocycles. The predicted octanol–water partition coefficient (Wildman–Crippen LogP) is 2.99. The summed E-state index contributed by atoms with van der Waals surface area (Å²) in [5.74, 6) is 0.490. The molecule has 1 aromatic carbocycles. The van der Waals surface area contributed by atoms with Crippen LogP contribution in [0.15, 0.2) is 35.3 Å². The first-order valence-corrected chi connectivity index (χ1v) is 9.87. The molecule has 1 aliphatic heterocycles. The summed E-state index contributed by atoms with van der Waals surface area (Å²) in [7, 11) is 0. The molecule has 0 spiro atoms. The van der Waals surface area contributed by atoms with E-state index in [1.807, 2.05) is 9.80 Å². The van der Waals surface area contributed by atoms with E-state index in [4.69, 9.17) is 23.2 Å². The number of hydrogen-bond acceptors (Lipinski definition) is 4. The van der Waals surface area contributed by atoms with Gasteiger partial charge in [-0.05, 0) is 43.5 Å². The van der Waals surface area contributed by atoms with Crippen LogP contribution in [0.5, 0.6) is 0 Å². The fourth-order valence-electron chi connectivity index (χ4n) is 3.38. The molecule has 2 aromatic rings. The summed E-state index contributed by atoms with van der Waals surface area (Å²) in [5.41, 5.74) is 0.856. The maximum Gasteiger partial charge on any atom is 0.292 e. The maximum atomic E-state index is 12.7. The van der Waals surface area contributed by atoms with E-state index in [-0.39, 0.29) is 22.4 Å². The lowest BCUT2D eigenvalue weighted by Gasteiger charge is -2.24. The van der Waals surface area contributed by atoms with Gasteiger partial charge in [0.15, 0.2) is 0 Å². The van der Waals surface area contributed by atoms with E-state index in [0.29, 0.717) is 29.5 Å². The highest BCUT2D eigenvalue weighted by Gasteiger charge is 2.34. The van der Waals surface area contributed by atoms with Gasteiger partial charge in [-0.3, -0.25) is 9.59 Å². The molecule has 0 atom stereocenters. The number of carbonyl (C=O) groups is 1. The number of hydrogen-bond donors (Lipinski definition) is 0. The Balaban J connectivity index is 1.55. The molecule has 1 aromatic heterocycles. The third kappa shape index (κ3) is 3.82. The van der Waals surface area contributed by atoms with Crippen molar-refractivity contribution in [2.45, 2.75) is 19.3 Å². The van der Waals surface area contributed by atoms with Crippen LogP contribution in [0, 0.1) is 5.92 Å². The topological polar surface area (TPSA) is 58.4 Å². The molecule has 2 fully saturated rings. The van der Waals surface area contributed by atoms with Crippen LogP contribution in [0.25, 0.3) is 5.69 Å². The summed E-state index contributed by atoms with van der Waals surface area (Å²) >= 11 is 12.3. The van der Waals surface area contributed by atoms with Crippen LogP contribution in [0.3, 0.4) is 0 Å². The number of rotatable bonds is 3. The molecule has 2 heterocycles. The van der Waals surface area contributed by atoms with E-state index in [1.54, 1.807) is 30.5 Å². The van der Waals surface area contributed by atoms with Gasteiger partial charge in [0, 0.05) is 37.1 Å². The van der Waals surface area contributed by atoms with Crippen LogP contribution in [0.1, 0.15) is 19.3 Å². The average molecular weight is 407 g/mol. The highest BCUT2D eigenvalue weighted by atomic mass is 35.5. The molecule has 8 heteroatoms. The zero-order chi connectivity index (χ0) is 19.0. The number of anilines is 1. The Morgan fingerprint density at radius 2 is 1.78 bits per heavy atom. The normalized spacial score (nSPS) is 17.7. The quantitative estimate of drug-likeness (QED) is 0.785. The summed E-state index contributed by atoms with van der Waals surface area (Å²) in [6, 6.07) is 6.85. The van der Waals surface area contributed by atoms with E-state index < -0.39 is 0 Å². The minimum Gasteiger partial charge on any atom is -0.367 e. The number of amides is 1. The van der Waals surface area contributed by atoms with E-state index in [1.165, 1.54) is 4.68 Å². The lowest BCUT2D eigenvalue weighted by Crippen LogP contribution is -2.36. The standard InChI is InChI=1S/C19H20Cl2N4O2/c20-14-4-6-15(7-5-14)25-19(27)17(21)16(12-22-25)23-8-1-9-24(11-10-23)18(26)13-2-3-13/h4-7,12-13H,1-3,8-11H2. The molecular weight excluding hydrogens is 387 g/mol. The van der Waals surface area contributed by atoms with Gasteiger partial charge in [0.05, 0.1) is 17.6 Å². The Morgan fingerprint density at radius 1 is 1.04 bits per heavy atom. The number of halogens is 2. The minimum atomic E-state index is -0.369. The molecule has 0 N–H and O–H groups in total. The Bertz CT molecular complexity index is 909. The second kappa shape index (κ2) is 7.52. The molecule has 0 unspecified atom stereocenters. The summed E-state index contributed by atoms with van der Waals surface area (Å²) in [4.78, 5) is 29.0. The van der Waals surface area contributed by atoms with Crippen molar-refractivity contribution < 1.29 is 4.79 Å². The second-order valence-electron chi connectivity index (χ2n) is 6.98. The van der Waals surface area contributed by atoms with Gasteiger partial charge in [-0.25, -0.2) is 0 Å².